The molecule has 5 heteroatoms. The highest BCUT2D eigenvalue weighted by atomic mass is 16.5. The molecule has 0 aromatic heterocycles. The summed E-state index contributed by atoms with van der Waals surface area (Å²) in [5.74, 6) is 0.794. The average Bonchev–Trinajstić information content (AvgIpc) is 2.45. The van der Waals surface area contributed by atoms with Gasteiger partial charge in [0.05, 0.1) is 20.3 Å². The summed E-state index contributed by atoms with van der Waals surface area (Å²) in [4.78, 5) is 11.7. The largest absolute Gasteiger partial charge is 0.497 e. The first-order valence-electron chi connectivity index (χ1n) is 6.72. The Morgan fingerprint density at radius 3 is 2.40 bits per heavy atom. The molecule has 2 N–H and O–H groups in total. The molecule has 1 amide bonds. The molecular weight excluding hydrogens is 256 g/mol. The van der Waals surface area contributed by atoms with Crippen LogP contribution in [0.25, 0.3) is 0 Å². The van der Waals surface area contributed by atoms with E-state index in [0.717, 1.165) is 11.3 Å². The van der Waals surface area contributed by atoms with Crippen LogP contribution < -0.4 is 15.4 Å². The van der Waals surface area contributed by atoms with Crippen LogP contribution in [0.2, 0.25) is 0 Å². The van der Waals surface area contributed by atoms with Crippen LogP contribution >= 0.6 is 0 Å². The molecular formula is C15H24N2O3. The molecule has 0 aliphatic rings. The molecule has 0 saturated carbocycles. The first-order valence-corrected chi connectivity index (χ1v) is 6.72. The lowest BCUT2D eigenvalue weighted by Crippen LogP contribution is -2.41. The number of rotatable bonds is 8. The van der Waals surface area contributed by atoms with Crippen LogP contribution in [0.3, 0.4) is 0 Å². The van der Waals surface area contributed by atoms with E-state index in [1.54, 1.807) is 14.2 Å². The van der Waals surface area contributed by atoms with Crippen molar-refractivity contribution in [1.82, 2.24) is 10.6 Å². The predicted octanol–water partition coefficient (Wildman–Crippen LogP) is 1.50. The van der Waals surface area contributed by atoms with Crippen LogP contribution in [-0.2, 0) is 9.53 Å². The van der Waals surface area contributed by atoms with Crippen molar-refractivity contribution in [2.75, 3.05) is 27.4 Å². The van der Waals surface area contributed by atoms with E-state index in [9.17, 15) is 4.79 Å². The summed E-state index contributed by atoms with van der Waals surface area (Å²) >= 11 is 0. The highest BCUT2D eigenvalue weighted by Gasteiger charge is 2.10. The second-order valence-electron chi connectivity index (χ2n) is 4.80. The maximum absolute atomic E-state index is 11.7. The molecule has 0 heterocycles. The van der Waals surface area contributed by atoms with Crippen LogP contribution in [-0.4, -0.2) is 39.3 Å². The van der Waals surface area contributed by atoms with Crippen LogP contribution in [0.15, 0.2) is 24.3 Å². The molecule has 2 atom stereocenters. The standard InChI is InChI=1S/C15H24N2O3/c1-11(10-19-3)17-15(18)9-16-12(2)13-5-7-14(20-4)8-6-13/h5-8,11-12,16H,9-10H2,1-4H3,(H,17,18)/t11?,12-/m1/s1. The highest BCUT2D eigenvalue weighted by Crippen LogP contribution is 2.16. The molecule has 0 fully saturated rings. The number of carbonyl (C=O) groups excluding carboxylic acids is 1. The normalized spacial score (nSPS) is 13.6. The van der Waals surface area contributed by atoms with Crippen LogP contribution in [0.1, 0.15) is 25.5 Å². The summed E-state index contributed by atoms with van der Waals surface area (Å²) < 4.78 is 10.1. The maximum Gasteiger partial charge on any atom is 0.234 e. The second kappa shape index (κ2) is 8.55. The number of hydrogen-bond donors (Lipinski definition) is 2. The zero-order valence-corrected chi connectivity index (χ0v) is 12.6. The lowest BCUT2D eigenvalue weighted by Gasteiger charge is -2.16. The summed E-state index contributed by atoms with van der Waals surface area (Å²) in [5.41, 5.74) is 1.11. The van der Waals surface area contributed by atoms with E-state index < -0.39 is 0 Å². The summed E-state index contributed by atoms with van der Waals surface area (Å²) in [6.45, 7) is 4.73. The van der Waals surface area contributed by atoms with Gasteiger partial charge in [-0.3, -0.25) is 4.79 Å². The zero-order valence-electron chi connectivity index (χ0n) is 12.6. The molecule has 0 aliphatic carbocycles. The van der Waals surface area contributed by atoms with Crippen molar-refractivity contribution in [2.45, 2.75) is 25.9 Å². The van der Waals surface area contributed by atoms with Crippen molar-refractivity contribution in [3.8, 4) is 5.75 Å². The minimum atomic E-state index is -0.0325. The first-order chi connectivity index (χ1) is 9.56. The lowest BCUT2D eigenvalue weighted by molar-refractivity contribution is -0.121. The molecule has 20 heavy (non-hydrogen) atoms. The summed E-state index contributed by atoms with van der Waals surface area (Å²) in [6, 6.07) is 7.92. The van der Waals surface area contributed by atoms with Crippen LogP contribution in [0.5, 0.6) is 5.75 Å². The number of nitrogens with one attached hydrogen (secondary N) is 2. The van der Waals surface area contributed by atoms with Crippen molar-refractivity contribution in [2.24, 2.45) is 0 Å². The quantitative estimate of drug-likeness (QED) is 0.757. The van der Waals surface area contributed by atoms with Gasteiger partial charge in [-0.05, 0) is 31.5 Å². The number of hydrogen-bond acceptors (Lipinski definition) is 4. The summed E-state index contributed by atoms with van der Waals surface area (Å²) in [7, 11) is 3.26. The van der Waals surface area contributed by atoms with Crippen molar-refractivity contribution < 1.29 is 14.3 Å². The molecule has 0 radical (unpaired) electrons. The van der Waals surface area contributed by atoms with Crippen LogP contribution in [0.4, 0.5) is 0 Å². The van der Waals surface area contributed by atoms with E-state index in [0.29, 0.717) is 6.61 Å². The Morgan fingerprint density at radius 2 is 1.85 bits per heavy atom. The fourth-order valence-corrected chi connectivity index (χ4v) is 1.87. The SMILES string of the molecule is COCC(C)NC(=O)CN[C@H](C)c1ccc(OC)cc1. The maximum atomic E-state index is 11.7. The lowest BCUT2D eigenvalue weighted by atomic mass is 10.1. The number of ether oxygens (including phenoxy) is 2. The number of methoxy groups -OCH3 is 2. The number of amides is 1. The van der Waals surface area contributed by atoms with E-state index in [2.05, 4.69) is 10.6 Å². The van der Waals surface area contributed by atoms with E-state index in [1.807, 2.05) is 38.1 Å². The topological polar surface area (TPSA) is 59.6 Å². The Kier molecular flexibility index (Phi) is 7.04. The Labute approximate surface area is 120 Å². The van der Waals surface area contributed by atoms with Gasteiger partial charge in [0.25, 0.3) is 0 Å². The van der Waals surface area contributed by atoms with Gasteiger partial charge in [-0.1, -0.05) is 12.1 Å². The average molecular weight is 280 g/mol. The molecule has 0 aliphatic heterocycles. The third-order valence-corrected chi connectivity index (χ3v) is 3.01. The molecule has 0 bridgehead atoms. The fraction of sp³-hybridized carbons (Fsp3) is 0.533. The monoisotopic (exact) mass is 280 g/mol. The van der Waals surface area contributed by atoms with Crippen molar-refractivity contribution >= 4 is 5.91 Å². The Balaban J connectivity index is 2.38. The van der Waals surface area contributed by atoms with E-state index in [-0.39, 0.29) is 24.5 Å². The Morgan fingerprint density at radius 1 is 1.20 bits per heavy atom. The van der Waals surface area contributed by atoms with E-state index >= 15 is 0 Å². The van der Waals surface area contributed by atoms with Gasteiger partial charge >= 0.3 is 0 Å². The predicted molar refractivity (Wildman–Crippen MR) is 78.9 cm³/mol. The first kappa shape index (κ1) is 16.5. The number of benzene rings is 1. The van der Waals surface area contributed by atoms with Gasteiger partial charge in [0, 0.05) is 19.2 Å². The number of carbonyl (C=O) groups is 1. The van der Waals surface area contributed by atoms with E-state index in [4.69, 9.17) is 9.47 Å². The van der Waals surface area contributed by atoms with E-state index in [1.165, 1.54) is 0 Å². The molecule has 1 rings (SSSR count). The second-order valence-corrected chi connectivity index (χ2v) is 4.80. The summed E-state index contributed by atoms with van der Waals surface area (Å²) in [6.07, 6.45) is 0. The Hall–Kier alpha value is -1.59. The third-order valence-electron chi connectivity index (χ3n) is 3.01. The minimum Gasteiger partial charge on any atom is -0.497 e. The van der Waals surface area contributed by atoms with Gasteiger partial charge in [0.2, 0.25) is 5.91 Å². The zero-order chi connectivity index (χ0) is 15.0. The van der Waals surface area contributed by atoms with Gasteiger partial charge in [0.15, 0.2) is 0 Å². The molecule has 0 saturated heterocycles. The van der Waals surface area contributed by atoms with Gasteiger partial charge in [-0.25, -0.2) is 0 Å². The van der Waals surface area contributed by atoms with Crippen molar-refractivity contribution in [3.05, 3.63) is 29.8 Å². The van der Waals surface area contributed by atoms with Crippen LogP contribution in [0, 0.1) is 0 Å². The van der Waals surface area contributed by atoms with Crippen molar-refractivity contribution in [3.63, 3.8) is 0 Å². The third kappa shape index (κ3) is 5.59. The molecule has 1 unspecified atom stereocenters. The molecule has 1 aromatic carbocycles. The van der Waals surface area contributed by atoms with Gasteiger partial charge in [-0.2, -0.15) is 0 Å². The molecule has 0 spiro atoms. The van der Waals surface area contributed by atoms with Crippen molar-refractivity contribution in [1.29, 1.82) is 0 Å². The molecule has 112 valence electrons. The minimum absolute atomic E-state index is 0.0191. The molecule has 1 aromatic rings. The Bertz CT molecular complexity index is 406. The van der Waals surface area contributed by atoms with Gasteiger partial charge in [0.1, 0.15) is 5.75 Å². The molecule has 5 nitrogen and oxygen atoms in total. The highest BCUT2D eigenvalue weighted by molar-refractivity contribution is 5.78. The van der Waals surface area contributed by atoms with Gasteiger partial charge < -0.3 is 20.1 Å². The fourth-order valence-electron chi connectivity index (χ4n) is 1.87. The smallest absolute Gasteiger partial charge is 0.234 e. The summed E-state index contributed by atoms with van der Waals surface area (Å²) in [5, 5.41) is 6.05. The van der Waals surface area contributed by atoms with Gasteiger partial charge in [-0.15, -0.1) is 0 Å².